The van der Waals surface area contributed by atoms with Crippen LogP contribution in [0.4, 0.5) is 5.69 Å². The van der Waals surface area contributed by atoms with Gasteiger partial charge in [0.1, 0.15) is 5.75 Å². The number of carbonyl (C=O) groups excluding carboxylic acids is 1. The Morgan fingerprint density at radius 3 is 2.60 bits per heavy atom. The minimum atomic E-state index is -0.222. The average molecular weight is 335 g/mol. The molecule has 0 atom stereocenters. The number of aromatic nitrogens is 2. The topological polar surface area (TPSA) is 56.2 Å². The lowest BCUT2D eigenvalue weighted by molar-refractivity contribution is 0.102. The highest BCUT2D eigenvalue weighted by atomic mass is 16.5. The molecule has 0 unspecified atom stereocenters. The number of hydrogen-bond donors (Lipinski definition) is 1. The Labute approximate surface area is 147 Å². The van der Waals surface area contributed by atoms with Gasteiger partial charge in [-0.25, -0.2) is 0 Å². The van der Waals surface area contributed by atoms with Crippen molar-refractivity contribution in [1.29, 1.82) is 0 Å². The number of nitrogens with one attached hydrogen (secondary N) is 1. The van der Waals surface area contributed by atoms with Crippen molar-refractivity contribution < 1.29 is 9.53 Å². The first-order chi connectivity index (χ1) is 12.1. The summed E-state index contributed by atoms with van der Waals surface area (Å²) in [5.74, 6) is 0.548. The Balaban J connectivity index is 1.89. The van der Waals surface area contributed by atoms with Gasteiger partial charge in [-0.1, -0.05) is 29.8 Å². The van der Waals surface area contributed by atoms with Crippen LogP contribution in [0.3, 0.4) is 0 Å². The van der Waals surface area contributed by atoms with Gasteiger partial charge in [0, 0.05) is 17.8 Å². The minimum Gasteiger partial charge on any atom is -0.497 e. The molecule has 0 saturated carbocycles. The molecule has 2 aromatic carbocycles. The predicted molar refractivity (Wildman–Crippen MR) is 99.0 cm³/mol. The molecule has 5 heteroatoms. The van der Waals surface area contributed by atoms with Crippen molar-refractivity contribution in [2.45, 2.75) is 20.4 Å². The fourth-order valence-electron chi connectivity index (χ4n) is 2.62. The average Bonchev–Trinajstić information content (AvgIpc) is 3.08. The van der Waals surface area contributed by atoms with Gasteiger partial charge in [-0.05, 0) is 44.2 Å². The third-order valence-corrected chi connectivity index (χ3v) is 3.99. The number of amides is 1. The summed E-state index contributed by atoms with van der Waals surface area (Å²) in [6, 6.07) is 17.2. The van der Waals surface area contributed by atoms with E-state index in [-0.39, 0.29) is 5.91 Å². The molecule has 3 rings (SSSR count). The van der Waals surface area contributed by atoms with E-state index in [4.69, 9.17) is 4.74 Å². The molecule has 1 heterocycles. The molecule has 25 heavy (non-hydrogen) atoms. The summed E-state index contributed by atoms with van der Waals surface area (Å²) in [5, 5.41) is 7.32. The van der Waals surface area contributed by atoms with Gasteiger partial charge in [-0.3, -0.25) is 9.48 Å². The SMILES string of the molecule is CCn1nc(C(=O)Nc2ccc(C)cc2)cc1-c1cccc(OC)c1. The molecular weight excluding hydrogens is 314 g/mol. The second-order valence-corrected chi connectivity index (χ2v) is 5.78. The summed E-state index contributed by atoms with van der Waals surface area (Å²) in [6.07, 6.45) is 0. The maximum Gasteiger partial charge on any atom is 0.276 e. The van der Waals surface area contributed by atoms with Crippen LogP contribution in [-0.4, -0.2) is 22.8 Å². The van der Waals surface area contributed by atoms with Crippen LogP contribution in [-0.2, 0) is 6.54 Å². The molecule has 0 aliphatic rings. The van der Waals surface area contributed by atoms with Crippen molar-refractivity contribution in [2.75, 3.05) is 12.4 Å². The second-order valence-electron chi connectivity index (χ2n) is 5.78. The largest absolute Gasteiger partial charge is 0.497 e. The summed E-state index contributed by atoms with van der Waals surface area (Å²) in [7, 11) is 1.64. The lowest BCUT2D eigenvalue weighted by Crippen LogP contribution is -2.13. The van der Waals surface area contributed by atoms with Crippen molar-refractivity contribution in [3.8, 4) is 17.0 Å². The number of carbonyl (C=O) groups is 1. The Morgan fingerprint density at radius 2 is 1.92 bits per heavy atom. The van der Waals surface area contributed by atoms with Crippen molar-refractivity contribution >= 4 is 11.6 Å². The maximum absolute atomic E-state index is 12.5. The highest BCUT2D eigenvalue weighted by Gasteiger charge is 2.15. The van der Waals surface area contributed by atoms with E-state index in [9.17, 15) is 4.79 Å². The first kappa shape index (κ1) is 16.8. The molecule has 0 bridgehead atoms. The molecule has 1 N–H and O–H groups in total. The highest BCUT2D eigenvalue weighted by Crippen LogP contribution is 2.25. The van der Waals surface area contributed by atoms with E-state index in [1.807, 2.05) is 73.1 Å². The van der Waals surface area contributed by atoms with E-state index in [2.05, 4.69) is 10.4 Å². The van der Waals surface area contributed by atoms with E-state index >= 15 is 0 Å². The zero-order valence-corrected chi connectivity index (χ0v) is 14.6. The monoisotopic (exact) mass is 335 g/mol. The lowest BCUT2D eigenvalue weighted by atomic mass is 10.1. The zero-order valence-electron chi connectivity index (χ0n) is 14.6. The third kappa shape index (κ3) is 3.71. The molecule has 0 spiro atoms. The number of aryl methyl sites for hydroxylation is 2. The Kier molecular flexibility index (Phi) is 4.84. The van der Waals surface area contributed by atoms with Gasteiger partial charge in [0.2, 0.25) is 0 Å². The van der Waals surface area contributed by atoms with Crippen molar-refractivity contribution in [1.82, 2.24) is 9.78 Å². The Morgan fingerprint density at radius 1 is 1.16 bits per heavy atom. The van der Waals surface area contributed by atoms with E-state index in [1.165, 1.54) is 0 Å². The van der Waals surface area contributed by atoms with Gasteiger partial charge in [0.25, 0.3) is 5.91 Å². The molecule has 0 radical (unpaired) electrons. The number of benzene rings is 2. The number of nitrogens with zero attached hydrogens (tertiary/aromatic N) is 2. The molecule has 3 aromatic rings. The number of anilines is 1. The summed E-state index contributed by atoms with van der Waals surface area (Å²) in [6.45, 7) is 4.68. The van der Waals surface area contributed by atoms with Crippen molar-refractivity contribution in [2.24, 2.45) is 0 Å². The first-order valence-electron chi connectivity index (χ1n) is 8.21. The number of rotatable bonds is 5. The molecule has 0 aliphatic heterocycles. The predicted octanol–water partition coefficient (Wildman–Crippen LogP) is 4.14. The van der Waals surface area contributed by atoms with Crippen LogP contribution in [0, 0.1) is 6.92 Å². The van der Waals surface area contributed by atoms with E-state index in [0.29, 0.717) is 12.2 Å². The smallest absolute Gasteiger partial charge is 0.276 e. The molecule has 0 saturated heterocycles. The highest BCUT2D eigenvalue weighted by molar-refractivity contribution is 6.03. The molecule has 128 valence electrons. The Hall–Kier alpha value is -3.08. The van der Waals surface area contributed by atoms with E-state index < -0.39 is 0 Å². The molecule has 1 aromatic heterocycles. The number of methoxy groups -OCH3 is 1. The van der Waals surface area contributed by atoms with Crippen LogP contribution in [0.25, 0.3) is 11.3 Å². The van der Waals surface area contributed by atoms with Gasteiger partial charge in [0.05, 0.1) is 12.8 Å². The van der Waals surface area contributed by atoms with Crippen LogP contribution in [0.5, 0.6) is 5.75 Å². The van der Waals surface area contributed by atoms with Gasteiger partial charge >= 0.3 is 0 Å². The molecular formula is C20H21N3O2. The van der Waals surface area contributed by atoms with Crippen LogP contribution in [0.2, 0.25) is 0 Å². The molecule has 0 fully saturated rings. The van der Waals surface area contributed by atoms with Crippen LogP contribution in [0.15, 0.2) is 54.6 Å². The molecule has 5 nitrogen and oxygen atoms in total. The fourth-order valence-corrected chi connectivity index (χ4v) is 2.62. The molecule has 1 amide bonds. The van der Waals surface area contributed by atoms with Crippen LogP contribution >= 0.6 is 0 Å². The molecule has 0 aliphatic carbocycles. The van der Waals surface area contributed by atoms with Crippen LogP contribution < -0.4 is 10.1 Å². The van der Waals surface area contributed by atoms with E-state index in [1.54, 1.807) is 7.11 Å². The quantitative estimate of drug-likeness (QED) is 0.762. The maximum atomic E-state index is 12.5. The van der Waals surface area contributed by atoms with Gasteiger partial charge in [-0.15, -0.1) is 0 Å². The summed E-state index contributed by atoms with van der Waals surface area (Å²) in [4.78, 5) is 12.5. The standard InChI is InChI=1S/C20H21N3O2/c1-4-23-19(15-6-5-7-17(12-15)25-3)13-18(22-23)20(24)21-16-10-8-14(2)9-11-16/h5-13H,4H2,1-3H3,(H,21,24). The minimum absolute atomic E-state index is 0.222. The lowest BCUT2D eigenvalue weighted by Gasteiger charge is -2.06. The second kappa shape index (κ2) is 7.21. The van der Waals surface area contributed by atoms with E-state index in [0.717, 1.165) is 28.3 Å². The van der Waals surface area contributed by atoms with Crippen molar-refractivity contribution in [3.05, 3.63) is 65.9 Å². The van der Waals surface area contributed by atoms with Crippen LogP contribution in [0.1, 0.15) is 23.0 Å². The van der Waals surface area contributed by atoms with Crippen molar-refractivity contribution in [3.63, 3.8) is 0 Å². The first-order valence-corrected chi connectivity index (χ1v) is 8.21. The zero-order chi connectivity index (χ0) is 17.8. The summed E-state index contributed by atoms with van der Waals surface area (Å²) >= 11 is 0. The van der Waals surface area contributed by atoms with Gasteiger partial charge in [0.15, 0.2) is 5.69 Å². The number of ether oxygens (including phenoxy) is 1. The number of hydrogen-bond acceptors (Lipinski definition) is 3. The third-order valence-electron chi connectivity index (χ3n) is 3.99. The van der Waals surface area contributed by atoms with Gasteiger partial charge in [-0.2, -0.15) is 5.10 Å². The fraction of sp³-hybridized carbons (Fsp3) is 0.200. The summed E-state index contributed by atoms with van der Waals surface area (Å²) in [5.41, 5.74) is 4.14. The summed E-state index contributed by atoms with van der Waals surface area (Å²) < 4.78 is 7.10. The van der Waals surface area contributed by atoms with Gasteiger partial charge < -0.3 is 10.1 Å². The normalized spacial score (nSPS) is 10.5. The Bertz CT molecular complexity index is 882.